The number of rotatable bonds is 1. The molecule has 0 unspecified atom stereocenters. The maximum atomic E-state index is 10.2. The minimum atomic E-state index is -1.05. The zero-order valence-corrected chi connectivity index (χ0v) is 6.75. The van der Waals surface area contributed by atoms with Crippen LogP contribution >= 0.6 is 0 Å². The number of aromatic carboxylic acids is 1. The van der Waals surface area contributed by atoms with Crippen molar-refractivity contribution in [3.63, 3.8) is 0 Å². The summed E-state index contributed by atoms with van der Waals surface area (Å²) >= 11 is 0. The number of H-pyrrole nitrogens is 1. The van der Waals surface area contributed by atoms with E-state index in [0.717, 1.165) is 0 Å². The van der Waals surface area contributed by atoms with Crippen LogP contribution in [0.25, 0.3) is 0 Å². The minimum absolute atomic E-state index is 0.0185. The first-order chi connectivity index (χ1) is 5.22. The van der Waals surface area contributed by atoms with Gasteiger partial charge in [0.2, 0.25) is 0 Å². The number of hydrogen-bond donors (Lipinski definition) is 2. The highest BCUT2D eigenvalue weighted by atomic mass is 16.4. The highest BCUT2D eigenvalue weighted by Gasteiger charge is 2.09. The number of aryl methyl sites for hydroxylation is 1. The summed E-state index contributed by atoms with van der Waals surface area (Å²) in [5, 5.41) is 17.4. The number of hydrogen-bond acceptors (Lipinski definition) is 3. The third kappa shape index (κ3) is 2.37. The second-order valence-corrected chi connectivity index (χ2v) is 1.56. The maximum absolute atomic E-state index is 10.2. The molecule has 1 heterocycles. The smallest absolute Gasteiger partial charge is 0.358 e. The fourth-order valence-electron chi connectivity index (χ4n) is 0.486. The SMILES string of the molecule is CC.Cc1n[nH]nc1C(=O)O. The third-order valence-corrected chi connectivity index (χ3v) is 0.925. The normalized spacial score (nSPS) is 8.27. The number of nitrogens with zero attached hydrogens (tertiary/aromatic N) is 2. The van der Waals surface area contributed by atoms with Crippen LogP contribution in [0.4, 0.5) is 0 Å². The van der Waals surface area contributed by atoms with Crippen molar-refractivity contribution in [2.75, 3.05) is 0 Å². The van der Waals surface area contributed by atoms with Crippen LogP contribution in [0, 0.1) is 6.92 Å². The molecule has 1 aromatic heterocycles. The molecule has 1 rings (SSSR count). The average molecular weight is 157 g/mol. The highest BCUT2D eigenvalue weighted by molar-refractivity contribution is 5.86. The molecule has 0 aromatic carbocycles. The second kappa shape index (κ2) is 4.43. The minimum Gasteiger partial charge on any atom is -0.476 e. The molecule has 0 saturated carbocycles. The maximum Gasteiger partial charge on any atom is 0.358 e. The molecule has 2 N–H and O–H groups in total. The average Bonchev–Trinajstić information content (AvgIpc) is 2.39. The van der Waals surface area contributed by atoms with E-state index in [1.807, 2.05) is 13.8 Å². The van der Waals surface area contributed by atoms with Crippen molar-refractivity contribution in [3.8, 4) is 0 Å². The topological polar surface area (TPSA) is 78.9 Å². The summed E-state index contributed by atoms with van der Waals surface area (Å²) in [6.07, 6.45) is 0. The fraction of sp³-hybridized carbons (Fsp3) is 0.500. The predicted molar refractivity (Wildman–Crippen MR) is 39.4 cm³/mol. The lowest BCUT2D eigenvalue weighted by atomic mass is 10.4. The van der Waals surface area contributed by atoms with E-state index in [4.69, 9.17) is 5.11 Å². The lowest BCUT2D eigenvalue weighted by Gasteiger charge is -1.81. The van der Waals surface area contributed by atoms with Gasteiger partial charge in [-0.05, 0) is 6.92 Å². The molecule has 11 heavy (non-hydrogen) atoms. The monoisotopic (exact) mass is 157 g/mol. The highest BCUT2D eigenvalue weighted by Crippen LogP contribution is 1.95. The van der Waals surface area contributed by atoms with Crippen LogP contribution < -0.4 is 0 Å². The zero-order chi connectivity index (χ0) is 8.85. The Morgan fingerprint density at radius 1 is 1.45 bits per heavy atom. The Hall–Kier alpha value is -1.39. The standard InChI is InChI=1S/C4H5N3O2.C2H6/c1-2-3(4(8)9)6-7-5-2;1-2/h1H3,(H,8,9)(H,5,6,7);1-2H3. The number of carboxylic acid groups (broad SMARTS) is 1. The van der Waals surface area contributed by atoms with Crippen LogP contribution in [-0.4, -0.2) is 26.5 Å². The number of aromatic amines is 1. The first kappa shape index (κ1) is 9.61. The lowest BCUT2D eigenvalue weighted by Crippen LogP contribution is -1.98. The van der Waals surface area contributed by atoms with Gasteiger partial charge in [0.25, 0.3) is 0 Å². The van der Waals surface area contributed by atoms with E-state index in [9.17, 15) is 4.79 Å². The van der Waals surface area contributed by atoms with E-state index >= 15 is 0 Å². The summed E-state index contributed by atoms with van der Waals surface area (Å²) in [7, 11) is 0. The van der Waals surface area contributed by atoms with Gasteiger partial charge in [-0.2, -0.15) is 10.3 Å². The van der Waals surface area contributed by atoms with Crippen LogP contribution in [0.1, 0.15) is 30.0 Å². The van der Waals surface area contributed by atoms with E-state index in [2.05, 4.69) is 15.4 Å². The van der Waals surface area contributed by atoms with Crippen LogP contribution in [-0.2, 0) is 0 Å². The van der Waals surface area contributed by atoms with Gasteiger partial charge in [0.15, 0.2) is 5.69 Å². The number of nitrogens with one attached hydrogen (secondary N) is 1. The van der Waals surface area contributed by atoms with Gasteiger partial charge in [-0.25, -0.2) is 4.79 Å². The largest absolute Gasteiger partial charge is 0.476 e. The van der Waals surface area contributed by atoms with Crippen molar-refractivity contribution in [2.45, 2.75) is 20.8 Å². The first-order valence-electron chi connectivity index (χ1n) is 3.32. The van der Waals surface area contributed by atoms with Crippen molar-refractivity contribution < 1.29 is 9.90 Å². The molecule has 0 aliphatic heterocycles. The summed E-state index contributed by atoms with van der Waals surface area (Å²) in [4.78, 5) is 10.2. The van der Waals surface area contributed by atoms with Crippen molar-refractivity contribution in [1.29, 1.82) is 0 Å². The van der Waals surface area contributed by atoms with Crippen LogP contribution in [0.3, 0.4) is 0 Å². The van der Waals surface area contributed by atoms with E-state index in [-0.39, 0.29) is 5.69 Å². The third-order valence-electron chi connectivity index (χ3n) is 0.925. The van der Waals surface area contributed by atoms with E-state index < -0.39 is 5.97 Å². The van der Waals surface area contributed by atoms with Crippen molar-refractivity contribution >= 4 is 5.97 Å². The van der Waals surface area contributed by atoms with Gasteiger partial charge in [0.1, 0.15) is 0 Å². The van der Waals surface area contributed by atoms with Gasteiger partial charge in [0, 0.05) is 0 Å². The van der Waals surface area contributed by atoms with E-state index in [1.165, 1.54) is 0 Å². The second-order valence-electron chi connectivity index (χ2n) is 1.56. The Bertz CT molecular complexity index is 231. The molecular weight excluding hydrogens is 146 g/mol. The van der Waals surface area contributed by atoms with Crippen molar-refractivity contribution in [2.24, 2.45) is 0 Å². The Balaban J connectivity index is 0.000000461. The first-order valence-corrected chi connectivity index (χ1v) is 3.32. The summed E-state index contributed by atoms with van der Waals surface area (Å²) in [6, 6.07) is 0. The van der Waals surface area contributed by atoms with Gasteiger partial charge >= 0.3 is 5.97 Å². The Morgan fingerprint density at radius 3 is 2.18 bits per heavy atom. The van der Waals surface area contributed by atoms with Crippen LogP contribution in [0.15, 0.2) is 0 Å². The fourth-order valence-corrected chi connectivity index (χ4v) is 0.486. The van der Waals surface area contributed by atoms with E-state index in [1.54, 1.807) is 6.92 Å². The number of carboxylic acids is 1. The molecule has 5 nitrogen and oxygen atoms in total. The summed E-state index contributed by atoms with van der Waals surface area (Å²) in [5.74, 6) is -1.05. The number of carbonyl (C=O) groups is 1. The van der Waals surface area contributed by atoms with Gasteiger partial charge < -0.3 is 5.11 Å². The molecule has 0 atom stereocenters. The van der Waals surface area contributed by atoms with Crippen LogP contribution in [0.2, 0.25) is 0 Å². The zero-order valence-electron chi connectivity index (χ0n) is 6.75. The molecule has 0 spiro atoms. The Kier molecular flexibility index (Phi) is 3.87. The van der Waals surface area contributed by atoms with Gasteiger partial charge in [-0.3, -0.25) is 0 Å². The van der Waals surface area contributed by atoms with Gasteiger partial charge in [-0.1, -0.05) is 13.8 Å². The van der Waals surface area contributed by atoms with Crippen molar-refractivity contribution in [3.05, 3.63) is 11.4 Å². The Labute approximate surface area is 64.4 Å². The molecule has 0 saturated heterocycles. The van der Waals surface area contributed by atoms with E-state index in [0.29, 0.717) is 5.69 Å². The summed E-state index contributed by atoms with van der Waals surface area (Å²) in [6.45, 7) is 5.58. The van der Waals surface area contributed by atoms with Crippen LogP contribution in [0.5, 0.6) is 0 Å². The molecule has 0 aliphatic rings. The summed E-state index contributed by atoms with van der Waals surface area (Å²) < 4.78 is 0. The number of aromatic nitrogens is 3. The van der Waals surface area contributed by atoms with Gasteiger partial charge in [-0.15, -0.1) is 5.10 Å². The molecule has 0 aliphatic carbocycles. The summed E-state index contributed by atoms with van der Waals surface area (Å²) in [5.41, 5.74) is 0.387. The molecule has 0 radical (unpaired) electrons. The molecule has 62 valence electrons. The molecule has 1 aromatic rings. The molecule has 0 fully saturated rings. The van der Waals surface area contributed by atoms with Gasteiger partial charge in [0.05, 0.1) is 5.69 Å². The molecule has 5 heteroatoms. The Morgan fingerprint density at radius 2 is 2.00 bits per heavy atom. The molecular formula is C6H11N3O2. The molecule has 0 bridgehead atoms. The predicted octanol–water partition coefficient (Wildman–Crippen LogP) is 0.838. The quantitative estimate of drug-likeness (QED) is 0.633. The van der Waals surface area contributed by atoms with Crippen molar-refractivity contribution in [1.82, 2.24) is 15.4 Å². The molecule has 0 amide bonds. The lowest BCUT2D eigenvalue weighted by molar-refractivity contribution is 0.0689.